The molecule has 10 heteroatoms. The number of quaternary nitrogens is 2. The molecule has 0 aromatic carbocycles. The highest BCUT2D eigenvalue weighted by atomic mass is 16.7. The van der Waals surface area contributed by atoms with E-state index in [0.29, 0.717) is 0 Å². The maximum absolute atomic E-state index is 8.47. The maximum atomic E-state index is 8.47. The second kappa shape index (κ2) is 35.5. The van der Waals surface area contributed by atoms with Crippen molar-refractivity contribution >= 4 is 0 Å². The zero-order valence-corrected chi connectivity index (χ0v) is 29.4. The lowest BCUT2D eigenvalue weighted by atomic mass is 10.1. The molecule has 0 atom stereocenters. The second-order valence-electron chi connectivity index (χ2n) is 11.8. The summed E-state index contributed by atoms with van der Waals surface area (Å²) in [6.45, 7) is 30.0. The summed E-state index contributed by atoms with van der Waals surface area (Å²) >= 11 is 0. The Morgan fingerprint density at radius 2 is 0.476 bits per heavy atom. The number of nitrogens with one attached hydrogen (secondary N) is 2. The van der Waals surface area contributed by atoms with E-state index in [1.54, 1.807) is 0 Å². The topological polar surface area (TPSA) is 134 Å². The molecule has 0 fully saturated rings. The zero-order valence-electron chi connectivity index (χ0n) is 29.4. The van der Waals surface area contributed by atoms with E-state index in [0.717, 1.165) is 0 Å². The van der Waals surface area contributed by atoms with Gasteiger partial charge in [-0.25, -0.2) is 0 Å². The molecule has 0 heterocycles. The smallest absolute Gasteiger partial charge is 0.0786 e. The Balaban J connectivity index is -0.000000273. The van der Waals surface area contributed by atoms with E-state index in [9.17, 15) is 0 Å². The molecule has 0 aliphatic heterocycles. The predicted molar refractivity (Wildman–Crippen MR) is 181 cm³/mol. The van der Waals surface area contributed by atoms with Gasteiger partial charge in [-0.1, -0.05) is 107 Å². The fourth-order valence-electron chi connectivity index (χ4n) is 5.29. The van der Waals surface area contributed by atoms with Crippen molar-refractivity contribution in [1.29, 1.82) is 0 Å². The standard InChI is InChI=1S/2C16H36N.2HN2O2/c2*1-5-9-13-17(14-10-6-2,15-11-7-3)16-12-8-4;2*1-2(3)4/h2*5-16H2,1-4H3;2*1H/q2*+1;2*-1. The monoisotopic (exact) mass is 607 g/mol. The Morgan fingerprint density at radius 1 is 0.381 bits per heavy atom. The molecular weight excluding hydrogens is 532 g/mol. The molecule has 10 nitrogen and oxygen atoms in total. The van der Waals surface area contributed by atoms with Gasteiger partial charge in [0.25, 0.3) is 0 Å². The van der Waals surface area contributed by atoms with Crippen LogP contribution in [-0.2, 0) is 0 Å². The van der Waals surface area contributed by atoms with E-state index in [2.05, 4.69) is 55.4 Å². The van der Waals surface area contributed by atoms with Crippen LogP contribution in [0.4, 0.5) is 0 Å². The number of hydrogen-bond donors (Lipinski definition) is 0. The molecule has 0 unspecified atom stereocenters. The van der Waals surface area contributed by atoms with E-state index in [1.807, 2.05) is 0 Å². The summed E-state index contributed by atoms with van der Waals surface area (Å²) in [5, 5.41) is 14.4. The van der Waals surface area contributed by atoms with Crippen LogP contribution in [0.25, 0.3) is 11.7 Å². The quantitative estimate of drug-likeness (QED) is 0.0613. The summed E-state index contributed by atoms with van der Waals surface area (Å²) in [4.78, 5) is 16.9. The van der Waals surface area contributed by atoms with E-state index in [4.69, 9.17) is 31.9 Å². The van der Waals surface area contributed by atoms with Crippen molar-refractivity contribution in [2.45, 2.75) is 158 Å². The molecule has 0 amide bonds. The van der Waals surface area contributed by atoms with Crippen molar-refractivity contribution in [2.24, 2.45) is 0 Å². The summed E-state index contributed by atoms with van der Waals surface area (Å²) < 4.78 is 2.84. The third kappa shape index (κ3) is 36.3. The van der Waals surface area contributed by atoms with Gasteiger partial charge >= 0.3 is 0 Å². The number of hydrogen-bond acceptors (Lipinski definition) is 4. The Hall–Kier alpha value is -1.68. The molecule has 0 rings (SSSR count). The fraction of sp³-hybridized carbons (Fsp3) is 1.00. The van der Waals surface area contributed by atoms with Crippen LogP contribution in [0.1, 0.15) is 158 Å². The highest BCUT2D eigenvalue weighted by Crippen LogP contribution is 2.17. The van der Waals surface area contributed by atoms with Crippen LogP contribution in [0.3, 0.4) is 0 Å². The Morgan fingerprint density at radius 3 is 0.548 bits per heavy atom. The van der Waals surface area contributed by atoms with Crippen molar-refractivity contribution < 1.29 is 19.0 Å². The van der Waals surface area contributed by atoms with Gasteiger partial charge in [0.15, 0.2) is 0 Å². The normalized spacial score (nSPS) is 10.9. The lowest BCUT2D eigenvalue weighted by Gasteiger charge is -2.39. The van der Waals surface area contributed by atoms with Gasteiger partial charge in [-0.3, -0.25) is 20.2 Å². The van der Waals surface area contributed by atoms with Crippen molar-refractivity contribution in [3.05, 3.63) is 31.9 Å². The van der Waals surface area contributed by atoms with Gasteiger partial charge in [0.1, 0.15) is 0 Å². The van der Waals surface area contributed by atoms with Crippen LogP contribution in [-0.4, -0.2) is 71.4 Å². The largest absolute Gasteiger partial charge is 0.393 e. The predicted octanol–water partition coefficient (Wildman–Crippen LogP) is 10.5. The molecule has 0 saturated heterocycles. The Labute approximate surface area is 261 Å². The van der Waals surface area contributed by atoms with Crippen LogP contribution < -0.4 is 0 Å². The SMILES string of the molecule is CCCC[N+](CCCC)(CCCC)CCCC.CCCC[N+](CCCC)(CCCC)CCCC.[NH-][N+](=O)[O-].[NH-][N+](=O)[O-]. The van der Waals surface area contributed by atoms with Crippen LogP contribution in [0, 0.1) is 20.2 Å². The van der Waals surface area contributed by atoms with Crippen LogP contribution in [0.15, 0.2) is 0 Å². The van der Waals surface area contributed by atoms with Gasteiger partial charge < -0.3 is 20.7 Å². The summed E-state index contributed by atoms with van der Waals surface area (Å²) in [6, 6.07) is 0. The first-order valence-electron chi connectivity index (χ1n) is 17.4. The average Bonchev–Trinajstić information content (AvgIpc) is 2.95. The summed E-state index contributed by atoms with van der Waals surface area (Å²) in [5.74, 6) is 10.6. The zero-order chi connectivity index (χ0) is 33.1. The van der Waals surface area contributed by atoms with Gasteiger partial charge in [-0.15, -0.1) is 0 Å². The second-order valence-corrected chi connectivity index (χ2v) is 11.8. The number of unbranched alkanes of at least 4 members (excludes halogenated alkanes) is 8. The van der Waals surface area contributed by atoms with Crippen molar-refractivity contribution in [3.63, 3.8) is 0 Å². The number of nitro groups is 2. The van der Waals surface area contributed by atoms with E-state index in [1.165, 1.54) is 164 Å². The Bertz CT molecular complexity index is 436. The molecule has 0 saturated carbocycles. The van der Waals surface area contributed by atoms with Crippen LogP contribution in [0.2, 0.25) is 0 Å². The molecule has 256 valence electrons. The van der Waals surface area contributed by atoms with E-state index < -0.39 is 10.1 Å². The molecular formula is C32H74N6O4. The van der Waals surface area contributed by atoms with E-state index >= 15 is 0 Å². The molecule has 0 aliphatic rings. The summed E-state index contributed by atoms with van der Waals surface area (Å²) in [7, 11) is 0. The van der Waals surface area contributed by atoms with Crippen molar-refractivity contribution in [2.75, 3.05) is 52.4 Å². The van der Waals surface area contributed by atoms with E-state index in [-0.39, 0.29) is 0 Å². The average molecular weight is 607 g/mol. The summed E-state index contributed by atoms with van der Waals surface area (Å²) in [6.07, 6.45) is 22.1. The van der Waals surface area contributed by atoms with Crippen LogP contribution in [0.5, 0.6) is 0 Å². The fourth-order valence-corrected chi connectivity index (χ4v) is 5.29. The molecule has 0 bridgehead atoms. The highest BCUT2D eigenvalue weighted by Gasteiger charge is 2.25. The van der Waals surface area contributed by atoms with Gasteiger partial charge in [0, 0.05) is 0 Å². The summed E-state index contributed by atoms with van der Waals surface area (Å²) in [5.41, 5.74) is 0. The molecule has 0 aliphatic carbocycles. The third-order valence-electron chi connectivity index (χ3n) is 7.89. The maximum Gasteiger partial charge on any atom is 0.0786 e. The van der Waals surface area contributed by atoms with Crippen molar-refractivity contribution in [1.82, 2.24) is 0 Å². The first-order valence-corrected chi connectivity index (χ1v) is 17.4. The van der Waals surface area contributed by atoms with Crippen LogP contribution >= 0.6 is 0 Å². The third-order valence-corrected chi connectivity index (χ3v) is 7.89. The van der Waals surface area contributed by atoms with Gasteiger partial charge in [0.2, 0.25) is 0 Å². The van der Waals surface area contributed by atoms with Crippen molar-refractivity contribution in [3.8, 4) is 0 Å². The number of rotatable bonds is 24. The van der Waals surface area contributed by atoms with Gasteiger partial charge in [-0.2, -0.15) is 0 Å². The molecule has 2 N–H and O–H groups in total. The van der Waals surface area contributed by atoms with Gasteiger partial charge in [0.05, 0.1) is 52.4 Å². The molecule has 0 spiro atoms. The first-order chi connectivity index (χ1) is 19.9. The first kappa shape index (κ1) is 47.3. The highest BCUT2D eigenvalue weighted by molar-refractivity contribution is 4.50. The minimum Gasteiger partial charge on any atom is -0.393 e. The lowest BCUT2D eigenvalue weighted by molar-refractivity contribution is -0.929. The lowest BCUT2D eigenvalue weighted by Crippen LogP contribution is -2.50. The minimum atomic E-state index is -1.25. The molecule has 42 heavy (non-hydrogen) atoms. The molecule has 0 aromatic rings. The Kier molecular flexibility index (Phi) is 40.0. The minimum absolute atomic E-state index is 1.25. The number of nitrogens with zero attached hydrogens (tertiary/aromatic N) is 4. The van der Waals surface area contributed by atoms with Gasteiger partial charge in [-0.05, 0) is 61.4 Å². The molecule has 0 aromatic heterocycles. The molecule has 0 radical (unpaired) electrons.